The van der Waals surface area contributed by atoms with Crippen molar-refractivity contribution < 1.29 is 14.5 Å². The predicted octanol–water partition coefficient (Wildman–Crippen LogP) is 2.19. The molecule has 0 radical (unpaired) electrons. The van der Waals surface area contributed by atoms with Crippen LogP contribution in [0, 0.1) is 10.1 Å². The molecule has 2 heterocycles. The van der Waals surface area contributed by atoms with E-state index in [2.05, 4.69) is 5.32 Å². The van der Waals surface area contributed by atoms with Gasteiger partial charge in [-0.25, -0.2) is 0 Å². The zero-order valence-corrected chi connectivity index (χ0v) is 13.5. The van der Waals surface area contributed by atoms with E-state index >= 15 is 0 Å². The van der Waals surface area contributed by atoms with Gasteiger partial charge in [0.15, 0.2) is 0 Å². The second-order valence-corrected chi connectivity index (χ2v) is 6.59. The molecule has 2 amide bonds. The summed E-state index contributed by atoms with van der Waals surface area (Å²) < 4.78 is 0. The Hall–Kier alpha value is -2.74. The number of hydrogen-bond donors (Lipinski definition) is 1. The molecular weight excluding hydrogens is 330 g/mol. The number of nitro groups is 1. The van der Waals surface area contributed by atoms with Crippen LogP contribution < -0.4 is 5.32 Å². The smallest absolute Gasteiger partial charge is 0.324 e. The lowest BCUT2D eigenvalue weighted by Crippen LogP contribution is -2.36. The molecule has 1 aromatic heterocycles. The first-order chi connectivity index (χ1) is 11.5. The van der Waals surface area contributed by atoms with Crippen molar-refractivity contribution in [1.82, 2.24) is 10.2 Å². The van der Waals surface area contributed by atoms with Crippen LogP contribution in [0.5, 0.6) is 0 Å². The first kappa shape index (κ1) is 16.1. The third-order valence-corrected chi connectivity index (χ3v) is 4.80. The number of amides is 2. The highest BCUT2D eigenvalue weighted by molar-refractivity contribution is 7.17. The molecule has 1 aliphatic heterocycles. The Morgan fingerprint density at radius 3 is 2.71 bits per heavy atom. The number of hydrogen-bond acceptors (Lipinski definition) is 5. The highest BCUT2D eigenvalue weighted by atomic mass is 32.1. The predicted molar refractivity (Wildman–Crippen MR) is 88.7 cm³/mol. The van der Waals surface area contributed by atoms with Gasteiger partial charge in [0.05, 0.1) is 15.8 Å². The molecule has 0 bridgehead atoms. The van der Waals surface area contributed by atoms with Crippen LogP contribution in [-0.4, -0.2) is 34.2 Å². The van der Waals surface area contributed by atoms with Crippen LogP contribution in [0.3, 0.4) is 0 Å². The van der Waals surface area contributed by atoms with Crippen LogP contribution in [0.1, 0.15) is 21.7 Å². The highest BCUT2D eigenvalue weighted by Crippen LogP contribution is 2.24. The monoisotopic (exact) mass is 345 g/mol. The summed E-state index contributed by atoms with van der Waals surface area (Å²) in [6, 6.07) is 12.1. The molecule has 1 aromatic carbocycles. The molecule has 7 nitrogen and oxygen atoms in total. The van der Waals surface area contributed by atoms with Crippen molar-refractivity contribution in [3.05, 3.63) is 63.0 Å². The van der Waals surface area contributed by atoms with Crippen molar-refractivity contribution in [1.29, 1.82) is 0 Å². The maximum Gasteiger partial charge on any atom is 0.324 e. The lowest BCUT2D eigenvalue weighted by atomic mass is 10.2. The normalized spacial score (nSPS) is 17.1. The number of thiophene rings is 1. The van der Waals surface area contributed by atoms with Crippen LogP contribution in [0.4, 0.5) is 5.00 Å². The van der Waals surface area contributed by atoms with Crippen molar-refractivity contribution in [3.8, 4) is 0 Å². The molecule has 24 heavy (non-hydrogen) atoms. The van der Waals surface area contributed by atoms with Crippen LogP contribution in [0.25, 0.3) is 0 Å². The van der Waals surface area contributed by atoms with E-state index < -0.39 is 4.92 Å². The lowest BCUT2D eigenvalue weighted by Gasteiger charge is -2.17. The third-order valence-electron chi connectivity index (χ3n) is 3.76. The summed E-state index contributed by atoms with van der Waals surface area (Å²) in [7, 11) is 0. The standard InChI is InChI=1S/C16H15N3O4S/c20-14-8-12(10-18(14)9-11-4-2-1-3-5-11)17-16(21)13-6-7-15(24-13)19(22)23/h1-7,12H,8-10H2,(H,17,21)/t12-/m0/s1. The molecule has 8 heteroatoms. The third kappa shape index (κ3) is 3.60. The second-order valence-electron chi connectivity index (χ2n) is 5.53. The van der Waals surface area contributed by atoms with Gasteiger partial charge in [-0.05, 0) is 11.6 Å². The molecule has 1 fully saturated rings. The fourth-order valence-electron chi connectivity index (χ4n) is 2.63. The molecule has 0 unspecified atom stereocenters. The maximum absolute atomic E-state index is 12.2. The Morgan fingerprint density at radius 1 is 1.29 bits per heavy atom. The SMILES string of the molecule is O=C(N[C@H]1CC(=O)N(Cc2ccccc2)C1)c1ccc([N+](=O)[O-])s1. The Kier molecular flexibility index (Phi) is 4.57. The number of nitrogens with one attached hydrogen (secondary N) is 1. The summed E-state index contributed by atoms with van der Waals surface area (Å²) in [5, 5.41) is 13.4. The number of benzene rings is 1. The fraction of sp³-hybridized carbons (Fsp3) is 0.250. The molecule has 0 saturated carbocycles. The Labute approximate surface area is 142 Å². The summed E-state index contributed by atoms with van der Waals surface area (Å²) in [5.74, 6) is -0.395. The van der Waals surface area contributed by atoms with Gasteiger partial charge in [0, 0.05) is 25.6 Å². The second kappa shape index (κ2) is 6.79. The molecule has 0 aliphatic carbocycles. The number of carbonyl (C=O) groups is 2. The van der Waals surface area contributed by atoms with Crippen LogP contribution in [0.15, 0.2) is 42.5 Å². The van der Waals surface area contributed by atoms with Crippen molar-refractivity contribution in [2.45, 2.75) is 19.0 Å². The minimum absolute atomic E-state index is 0.0127. The van der Waals surface area contributed by atoms with E-state index in [9.17, 15) is 19.7 Å². The van der Waals surface area contributed by atoms with E-state index in [1.165, 1.54) is 12.1 Å². The van der Waals surface area contributed by atoms with Crippen molar-refractivity contribution in [2.24, 2.45) is 0 Å². The first-order valence-electron chi connectivity index (χ1n) is 7.39. The molecule has 1 atom stereocenters. The molecule has 1 N–H and O–H groups in total. The molecule has 1 aliphatic rings. The van der Waals surface area contributed by atoms with Gasteiger partial charge in [-0.1, -0.05) is 41.7 Å². The van der Waals surface area contributed by atoms with Crippen molar-refractivity contribution in [3.63, 3.8) is 0 Å². The number of likely N-dealkylation sites (tertiary alicyclic amines) is 1. The summed E-state index contributed by atoms with van der Waals surface area (Å²) in [6.45, 7) is 0.948. The quantitative estimate of drug-likeness (QED) is 0.664. The van der Waals surface area contributed by atoms with E-state index in [0.29, 0.717) is 13.1 Å². The summed E-state index contributed by atoms with van der Waals surface area (Å²) >= 11 is 0.827. The van der Waals surface area contributed by atoms with E-state index in [4.69, 9.17) is 0 Å². The van der Waals surface area contributed by atoms with Crippen LogP contribution in [-0.2, 0) is 11.3 Å². The lowest BCUT2D eigenvalue weighted by molar-refractivity contribution is -0.380. The molecule has 0 spiro atoms. The van der Waals surface area contributed by atoms with Gasteiger partial charge in [0.25, 0.3) is 5.91 Å². The summed E-state index contributed by atoms with van der Waals surface area (Å²) in [5.41, 5.74) is 1.03. The highest BCUT2D eigenvalue weighted by Gasteiger charge is 2.31. The van der Waals surface area contributed by atoms with Gasteiger partial charge < -0.3 is 10.2 Å². The zero-order valence-electron chi connectivity index (χ0n) is 12.7. The van der Waals surface area contributed by atoms with E-state index in [1.54, 1.807) is 4.90 Å². The van der Waals surface area contributed by atoms with E-state index in [-0.39, 0.29) is 34.2 Å². The van der Waals surface area contributed by atoms with Gasteiger partial charge in [-0.15, -0.1) is 0 Å². The largest absolute Gasteiger partial charge is 0.346 e. The van der Waals surface area contributed by atoms with Crippen LogP contribution >= 0.6 is 11.3 Å². The molecule has 124 valence electrons. The Bertz CT molecular complexity index is 775. The number of nitrogens with zero attached hydrogens (tertiary/aromatic N) is 2. The molecule has 3 rings (SSSR count). The van der Waals surface area contributed by atoms with Gasteiger partial charge in [0.2, 0.25) is 5.91 Å². The van der Waals surface area contributed by atoms with E-state index in [1.807, 2.05) is 30.3 Å². The van der Waals surface area contributed by atoms with E-state index in [0.717, 1.165) is 16.9 Å². The van der Waals surface area contributed by atoms with Crippen molar-refractivity contribution >= 4 is 28.2 Å². The minimum atomic E-state index is -0.526. The Balaban J connectivity index is 1.59. The topological polar surface area (TPSA) is 92.6 Å². The molecule has 2 aromatic rings. The van der Waals surface area contributed by atoms with Gasteiger partial charge in [-0.3, -0.25) is 19.7 Å². The van der Waals surface area contributed by atoms with Crippen LogP contribution in [0.2, 0.25) is 0 Å². The zero-order chi connectivity index (χ0) is 17.1. The Morgan fingerprint density at radius 2 is 2.04 bits per heavy atom. The number of carbonyl (C=O) groups excluding carboxylic acids is 2. The first-order valence-corrected chi connectivity index (χ1v) is 8.21. The maximum atomic E-state index is 12.2. The average molecular weight is 345 g/mol. The van der Waals surface area contributed by atoms with Gasteiger partial charge in [0.1, 0.15) is 0 Å². The minimum Gasteiger partial charge on any atom is -0.346 e. The fourth-order valence-corrected chi connectivity index (χ4v) is 3.35. The van der Waals surface area contributed by atoms with Gasteiger partial charge >= 0.3 is 5.00 Å². The molecule has 1 saturated heterocycles. The summed E-state index contributed by atoms with van der Waals surface area (Å²) in [4.78, 5) is 36.4. The summed E-state index contributed by atoms with van der Waals surface area (Å²) in [6.07, 6.45) is 0.242. The molecular formula is C16H15N3O4S. The number of rotatable bonds is 5. The van der Waals surface area contributed by atoms with Gasteiger partial charge in [-0.2, -0.15) is 0 Å². The average Bonchev–Trinajstić information content (AvgIpc) is 3.16. The van der Waals surface area contributed by atoms with Crippen molar-refractivity contribution in [2.75, 3.05) is 6.54 Å².